The third-order valence-corrected chi connectivity index (χ3v) is 3.13. The maximum atomic E-state index is 13.0. The molecule has 0 bridgehead atoms. The standard InChI is InChI=1S/C12H14ClFO3/c13-10-2-1-9(14)7-11(10)17-8-12(15)3-5-16-6-4-12/h1-2,7,15H,3-6,8H2. The first kappa shape index (κ1) is 12.6. The lowest BCUT2D eigenvalue weighted by Crippen LogP contribution is -2.41. The normalized spacial score (nSPS) is 19.0. The molecule has 1 heterocycles. The lowest BCUT2D eigenvalue weighted by atomic mass is 9.96. The molecular weight excluding hydrogens is 247 g/mol. The van der Waals surface area contributed by atoms with Crippen LogP contribution in [0.25, 0.3) is 0 Å². The number of aliphatic hydroxyl groups is 1. The Labute approximate surface area is 104 Å². The minimum atomic E-state index is -0.909. The number of ether oxygens (including phenoxy) is 2. The molecule has 1 saturated heterocycles. The first-order chi connectivity index (χ1) is 8.09. The highest BCUT2D eigenvalue weighted by molar-refractivity contribution is 6.32. The Kier molecular flexibility index (Phi) is 3.86. The van der Waals surface area contributed by atoms with Crippen LogP contribution in [0.1, 0.15) is 12.8 Å². The third-order valence-electron chi connectivity index (χ3n) is 2.81. The van der Waals surface area contributed by atoms with Crippen LogP contribution in [0.4, 0.5) is 4.39 Å². The maximum Gasteiger partial charge on any atom is 0.140 e. The molecule has 94 valence electrons. The largest absolute Gasteiger partial charge is 0.489 e. The highest BCUT2D eigenvalue weighted by Crippen LogP contribution is 2.27. The van der Waals surface area contributed by atoms with Gasteiger partial charge in [-0.1, -0.05) is 11.6 Å². The number of rotatable bonds is 3. The van der Waals surface area contributed by atoms with E-state index in [4.69, 9.17) is 21.1 Å². The highest BCUT2D eigenvalue weighted by Gasteiger charge is 2.30. The van der Waals surface area contributed by atoms with E-state index >= 15 is 0 Å². The maximum absolute atomic E-state index is 13.0. The number of hydrogen-bond acceptors (Lipinski definition) is 3. The van der Waals surface area contributed by atoms with E-state index in [1.54, 1.807) is 0 Å². The van der Waals surface area contributed by atoms with Crippen molar-refractivity contribution in [3.8, 4) is 5.75 Å². The number of hydrogen-bond donors (Lipinski definition) is 1. The SMILES string of the molecule is OC1(COc2cc(F)ccc2Cl)CCOCC1. The van der Waals surface area contributed by atoms with Crippen molar-refractivity contribution < 1.29 is 19.0 Å². The summed E-state index contributed by atoms with van der Waals surface area (Å²) in [5.74, 6) is -0.157. The monoisotopic (exact) mass is 260 g/mol. The Morgan fingerprint density at radius 2 is 2.12 bits per heavy atom. The third kappa shape index (κ3) is 3.31. The summed E-state index contributed by atoms with van der Waals surface area (Å²) < 4.78 is 23.5. The predicted molar refractivity (Wildman–Crippen MR) is 61.9 cm³/mol. The predicted octanol–water partition coefficient (Wildman–Crippen LogP) is 2.40. The molecule has 0 aliphatic carbocycles. The van der Waals surface area contributed by atoms with Crippen molar-refractivity contribution in [1.29, 1.82) is 0 Å². The first-order valence-electron chi connectivity index (χ1n) is 5.47. The van der Waals surface area contributed by atoms with Crippen molar-refractivity contribution in [2.24, 2.45) is 0 Å². The van der Waals surface area contributed by atoms with Gasteiger partial charge in [-0.2, -0.15) is 0 Å². The van der Waals surface area contributed by atoms with E-state index in [-0.39, 0.29) is 12.4 Å². The van der Waals surface area contributed by atoms with E-state index in [9.17, 15) is 9.50 Å². The molecule has 1 aromatic carbocycles. The summed E-state index contributed by atoms with van der Waals surface area (Å²) in [5.41, 5.74) is -0.909. The van der Waals surface area contributed by atoms with E-state index in [0.717, 1.165) is 0 Å². The molecule has 17 heavy (non-hydrogen) atoms. The van der Waals surface area contributed by atoms with Gasteiger partial charge in [-0.15, -0.1) is 0 Å². The lowest BCUT2D eigenvalue weighted by molar-refractivity contribution is -0.0855. The van der Waals surface area contributed by atoms with E-state index < -0.39 is 11.4 Å². The van der Waals surface area contributed by atoms with Gasteiger partial charge in [0.05, 0.1) is 5.02 Å². The fourth-order valence-electron chi connectivity index (χ4n) is 1.70. The fourth-order valence-corrected chi connectivity index (χ4v) is 1.87. The average Bonchev–Trinajstić information content (AvgIpc) is 2.31. The summed E-state index contributed by atoms with van der Waals surface area (Å²) in [6.45, 7) is 1.12. The molecule has 1 aliphatic rings. The van der Waals surface area contributed by atoms with Gasteiger partial charge in [0.2, 0.25) is 0 Å². The van der Waals surface area contributed by atoms with Crippen LogP contribution in [0, 0.1) is 5.82 Å². The second-order valence-electron chi connectivity index (χ2n) is 4.20. The minimum absolute atomic E-state index is 0.0968. The Morgan fingerprint density at radius 1 is 1.41 bits per heavy atom. The van der Waals surface area contributed by atoms with Crippen molar-refractivity contribution >= 4 is 11.6 Å². The lowest BCUT2D eigenvalue weighted by Gasteiger charge is -2.31. The van der Waals surface area contributed by atoms with Gasteiger partial charge in [-0.3, -0.25) is 0 Å². The van der Waals surface area contributed by atoms with Gasteiger partial charge in [-0.25, -0.2) is 4.39 Å². The van der Waals surface area contributed by atoms with Crippen LogP contribution in [0.3, 0.4) is 0 Å². The fraction of sp³-hybridized carbons (Fsp3) is 0.500. The van der Waals surface area contributed by atoms with Crippen LogP contribution in [0.2, 0.25) is 5.02 Å². The molecule has 0 atom stereocenters. The molecule has 0 saturated carbocycles. The van der Waals surface area contributed by atoms with Crippen molar-refractivity contribution in [3.63, 3.8) is 0 Å². The first-order valence-corrected chi connectivity index (χ1v) is 5.85. The van der Waals surface area contributed by atoms with Gasteiger partial charge in [0.15, 0.2) is 0 Å². The molecule has 1 aliphatic heterocycles. The molecule has 5 heteroatoms. The second-order valence-corrected chi connectivity index (χ2v) is 4.61. The summed E-state index contributed by atoms with van der Waals surface area (Å²) >= 11 is 5.86. The molecule has 0 amide bonds. The molecule has 3 nitrogen and oxygen atoms in total. The van der Waals surface area contributed by atoms with Gasteiger partial charge >= 0.3 is 0 Å². The molecule has 1 N–H and O–H groups in total. The molecule has 2 rings (SSSR count). The zero-order chi connectivity index (χ0) is 12.3. The van der Waals surface area contributed by atoms with Gasteiger partial charge in [0.25, 0.3) is 0 Å². The Hall–Kier alpha value is -0.840. The van der Waals surface area contributed by atoms with Crippen LogP contribution < -0.4 is 4.74 Å². The smallest absolute Gasteiger partial charge is 0.140 e. The van der Waals surface area contributed by atoms with Gasteiger partial charge in [0.1, 0.15) is 23.8 Å². The topological polar surface area (TPSA) is 38.7 Å². The van der Waals surface area contributed by atoms with E-state index in [0.29, 0.717) is 31.1 Å². The zero-order valence-corrected chi connectivity index (χ0v) is 10.0. The Morgan fingerprint density at radius 3 is 2.82 bits per heavy atom. The molecule has 0 spiro atoms. The summed E-state index contributed by atoms with van der Waals surface area (Å²) in [5, 5.41) is 10.5. The molecule has 0 unspecified atom stereocenters. The molecule has 0 aromatic heterocycles. The van der Waals surface area contributed by atoms with Gasteiger partial charge in [0, 0.05) is 32.1 Å². The van der Waals surface area contributed by atoms with Crippen molar-refractivity contribution in [3.05, 3.63) is 29.0 Å². The molecule has 0 radical (unpaired) electrons. The van der Waals surface area contributed by atoms with Gasteiger partial charge in [-0.05, 0) is 12.1 Å². The van der Waals surface area contributed by atoms with Crippen LogP contribution in [-0.4, -0.2) is 30.5 Å². The van der Waals surface area contributed by atoms with Crippen LogP contribution in [0.5, 0.6) is 5.75 Å². The average molecular weight is 261 g/mol. The van der Waals surface area contributed by atoms with Crippen LogP contribution in [0.15, 0.2) is 18.2 Å². The minimum Gasteiger partial charge on any atom is -0.489 e. The van der Waals surface area contributed by atoms with E-state index in [1.165, 1.54) is 18.2 Å². The van der Waals surface area contributed by atoms with Crippen LogP contribution in [-0.2, 0) is 4.74 Å². The highest BCUT2D eigenvalue weighted by atomic mass is 35.5. The summed E-state index contributed by atoms with van der Waals surface area (Å²) in [7, 11) is 0. The second kappa shape index (κ2) is 5.21. The van der Waals surface area contributed by atoms with Gasteiger partial charge < -0.3 is 14.6 Å². The van der Waals surface area contributed by atoms with Crippen molar-refractivity contribution in [2.45, 2.75) is 18.4 Å². The number of benzene rings is 1. The van der Waals surface area contributed by atoms with Crippen molar-refractivity contribution in [1.82, 2.24) is 0 Å². The molecular formula is C12H14ClFO3. The van der Waals surface area contributed by atoms with E-state index in [2.05, 4.69) is 0 Å². The Bertz CT molecular complexity index is 391. The number of halogens is 2. The van der Waals surface area contributed by atoms with Crippen LogP contribution >= 0.6 is 11.6 Å². The van der Waals surface area contributed by atoms with E-state index in [1.807, 2.05) is 0 Å². The summed E-state index contributed by atoms with van der Waals surface area (Å²) in [4.78, 5) is 0. The zero-order valence-electron chi connectivity index (χ0n) is 9.29. The molecule has 1 fully saturated rings. The van der Waals surface area contributed by atoms with Crippen molar-refractivity contribution in [2.75, 3.05) is 19.8 Å². The molecule has 1 aromatic rings. The Balaban J connectivity index is 1.99. The summed E-state index contributed by atoms with van der Waals surface area (Å²) in [6, 6.07) is 3.91. The quantitative estimate of drug-likeness (QED) is 0.907. The summed E-state index contributed by atoms with van der Waals surface area (Å²) in [6.07, 6.45) is 1.03.